The summed E-state index contributed by atoms with van der Waals surface area (Å²) < 4.78 is 7.18. The molecule has 0 spiro atoms. The van der Waals surface area contributed by atoms with Crippen LogP contribution in [-0.4, -0.2) is 46.3 Å². The van der Waals surface area contributed by atoms with Crippen molar-refractivity contribution >= 4 is 5.91 Å². The van der Waals surface area contributed by atoms with Gasteiger partial charge in [-0.25, -0.2) is 4.68 Å². The van der Waals surface area contributed by atoms with Crippen LogP contribution in [0.2, 0.25) is 0 Å². The first kappa shape index (κ1) is 19.5. The molecule has 29 heavy (non-hydrogen) atoms. The normalized spacial score (nSPS) is 15.5. The molecule has 0 bridgehead atoms. The number of nitrogens with one attached hydrogen (secondary N) is 1. The number of carbonyl (C=O) groups excluding carboxylic acids is 1. The average Bonchev–Trinajstić information content (AvgIpc) is 3.44. The first-order chi connectivity index (χ1) is 14.2. The largest absolute Gasteiger partial charge is 0.463 e. The van der Waals surface area contributed by atoms with Gasteiger partial charge in [0.15, 0.2) is 5.76 Å². The Labute approximate surface area is 171 Å². The van der Waals surface area contributed by atoms with Crippen molar-refractivity contribution in [2.24, 2.45) is 0 Å². The van der Waals surface area contributed by atoms with E-state index in [4.69, 9.17) is 4.42 Å². The molecule has 1 aliphatic heterocycles. The molecule has 1 fully saturated rings. The number of aromatic nitrogens is 2. The first-order valence-electron chi connectivity index (χ1n) is 10.5. The van der Waals surface area contributed by atoms with Gasteiger partial charge in [-0.05, 0) is 50.1 Å². The number of nitrogens with zero attached hydrogens (tertiary/aromatic N) is 3. The highest BCUT2D eigenvalue weighted by Gasteiger charge is 2.24. The van der Waals surface area contributed by atoms with Crippen LogP contribution in [-0.2, 0) is 0 Å². The quantitative estimate of drug-likeness (QED) is 0.657. The van der Waals surface area contributed by atoms with Crippen molar-refractivity contribution in [1.82, 2.24) is 20.0 Å². The number of hydrogen-bond acceptors (Lipinski definition) is 4. The molecule has 0 atom stereocenters. The van der Waals surface area contributed by atoms with Crippen LogP contribution >= 0.6 is 0 Å². The van der Waals surface area contributed by atoms with Crippen molar-refractivity contribution < 1.29 is 9.21 Å². The number of likely N-dealkylation sites (tertiary alicyclic amines) is 1. The molecule has 1 aromatic carbocycles. The number of piperidine rings is 1. The molecule has 6 nitrogen and oxygen atoms in total. The lowest BCUT2D eigenvalue weighted by Crippen LogP contribution is -2.45. The highest BCUT2D eigenvalue weighted by Crippen LogP contribution is 2.22. The number of rotatable bonds is 7. The second-order valence-corrected chi connectivity index (χ2v) is 7.58. The Balaban J connectivity index is 1.50. The monoisotopic (exact) mass is 392 g/mol. The lowest BCUT2D eigenvalue weighted by Gasteiger charge is -2.32. The van der Waals surface area contributed by atoms with Gasteiger partial charge in [0, 0.05) is 25.2 Å². The fourth-order valence-corrected chi connectivity index (χ4v) is 3.80. The number of unbranched alkanes of at least 4 members (excludes halogenated alkanes) is 1. The summed E-state index contributed by atoms with van der Waals surface area (Å²) in [5, 5.41) is 7.86. The molecule has 1 amide bonds. The van der Waals surface area contributed by atoms with Gasteiger partial charge in [-0.2, -0.15) is 5.10 Å². The van der Waals surface area contributed by atoms with Gasteiger partial charge in [-0.3, -0.25) is 4.79 Å². The maximum absolute atomic E-state index is 13.1. The average molecular weight is 393 g/mol. The van der Waals surface area contributed by atoms with Gasteiger partial charge in [0.05, 0.1) is 12.0 Å². The predicted octanol–water partition coefficient (Wildman–Crippen LogP) is 4.13. The van der Waals surface area contributed by atoms with E-state index in [-0.39, 0.29) is 11.9 Å². The molecule has 152 valence electrons. The van der Waals surface area contributed by atoms with Crippen LogP contribution < -0.4 is 5.32 Å². The van der Waals surface area contributed by atoms with E-state index < -0.39 is 0 Å². The van der Waals surface area contributed by atoms with Crippen LogP contribution in [0.25, 0.3) is 17.1 Å². The SMILES string of the molecule is CCCCN1CCC(NC(=O)c2cc(-c3ccco3)nn2-c2ccccc2)CC1. The van der Waals surface area contributed by atoms with Crippen LogP contribution in [0.3, 0.4) is 0 Å². The van der Waals surface area contributed by atoms with Crippen molar-refractivity contribution in [2.75, 3.05) is 19.6 Å². The third-order valence-corrected chi connectivity index (χ3v) is 5.47. The van der Waals surface area contributed by atoms with Gasteiger partial charge >= 0.3 is 0 Å². The Morgan fingerprint density at radius 3 is 2.66 bits per heavy atom. The summed E-state index contributed by atoms with van der Waals surface area (Å²) in [5.41, 5.74) is 2.03. The smallest absolute Gasteiger partial charge is 0.270 e. The third-order valence-electron chi connectivity index (χ3n) is 5.47. The highest BCUT2D eigenvalue weighted by molar-refractivity contribution is 5.94. The van der Waals surface area contributed by atoms with Gasteiger partial charge in [0.25, 0.3) is 5.91 Å². The minimum Gasteiger partial charge on any atom is -0.463 e. The summed E-state index contributed by atoms with van der Waals surface area (Å²) in [4.78, 5) is 15.6. The fourth-order valence-electron chi connectivity index (χ4n) is 3.80. The third kappa shape index (κ3) is 4.59. The number of amides is 1. The Hall–Kier alpha value is -2.86. The maximum Gasteiger partial charge on any atom is 0.270 e. The lowest BCUT2D eigenvalue weighted by molar-refractivity contribution is 0.0903. The van der Waals surface area contributed by atoms with Crippen molar-refractivity contribution in [2.45, 2.75) is 38.6 Å². The van der Waals surface area contributed by atoms with E-state index in [9.17, 15) is 4.79 Å². The van der Waals surface area contributed by atoms with Crippen LogP contribution in [0.5, 0.6) is 0 Å². The number of para-hydroxylation sites is 1. The topological polar surface area (TPSA) is 63.3 Å². The standard InChI is InChI=1S/C23H28N4O2/c1-2-3-13-26-14-11-18(12-15-26)24-23(28)21-17-20(22-10-7-16-29-22)25-27(21)19-8-5-4-6-9-19/h4-10,16-18H,2-3,11-15H2,1H3,(H,24,28). The number of benzene rings is 1. The van der Waals surface area contributed by atoms with Crippen molar-refractivity contribution in [3.8, 4) is 17.1 Å². The molecule has 0 saturated carbocycles. The number of furan rings is 1. The molecule has 0 radical (unpaired) electrons. The molecule has 0 aliphatic carbocycles. The summed E-state index contributed by atoms with van der Waals surface area (Å²) in [6.45, 7) is 5.46. The molecular weight excluding hydrogens is 364 g/mol. The van der Waals surface area contributed by atoms with Crippen LogP contribution in [0.15, 0.2) is 59.2 Å². The molecule has 3 aromatic rings. The summed E-state index contributed by atoms with van der Waals surface area (Å²) in [6.07, 6.45) is 6.05. The van der Waals surface area contributed by atoms with E-state index in [0.717, 1.165) is 38.2 Å². The van der Waals surface area contributed by atoms with E-state index in [0.29, 0.717) is 17.1 Å². The second-order valence-electron chi connectivity index (χ2n) is 7.58. The zero-order valence-electron chi connectivity index (χ0n) is 16.9. The molecule has 4 rings (SSSR count). The first-order valence-corrected chi connectivity index (χ1v) is 10.5. The molecule has 0 unspecified atom stereocenters. The second kappa shape index (κ2) is 9.09. The summed E-state index contributed by atoms with van der Waals surface area (Å²) in [6, 6.07) is 15.4. The fraction of sp³-hybridized carbons (Fsp3) is 0.391. The maximum atomic E-state index is 13.1. The predicted molar refractivity (Wildman–Crippen MR) is 113 cm³/mol. The van der Waals surface area contributed by atoms with Crippen molar-refractivity contribution in [3.63, 3.8) is 0 Å². The molecular formula is C23H28N4O2. The Morgan fingerprint density at radius 1 is 1.17 bits per heavy atom. The molecule has 3 heterocycles. The van der Waals surface area contributed by atoms with Crippen molar-refractivity contribution in [1.29, 1.82) is 0 Å². The number of carbonyl (C=O) groups is 1. The number of hydrogen-bond donors (Lipinski definition) is 1. The Bertz CT molecular complexity index is 910. The van der Waals surface area contributed by atoms with Crippen LogP contribution in [0, 0.1) is 0 Å². The lowest BCUT2D eigenvalue weighted by atomic mass is 10.0. The molecule has 1 N–H and O–H groups in total. The minimum atomic E-state index is -0.0915. The zero-order valence-corrected chi connectivity index (χ0v) is 16.9. The van der Waals surface area contributed by atoms with Gasteiger partial charge < -0.3 is 14.6 Å². The van der Waals surface area contributed by atoms with Crippen molar-refractivity contribution in [3.05, 3.63) is 60.5 Å². The highest BCUT2D eigenvalue weighted by atomic mass is 16.3. The molecule has 1 saturated heterocycles. The minimum absolute atomic E-state index is 0.0915. The van der Waals surface area contributed by atoms with Gasteiger partial charge in [0.2, 0.25) is 0 Å². The Kier molecular flexibility index (Phi) is 6.10. The van der Waals surface area contributed by atoms with Gasteiger partial charge in [-0.15, -0.1) is 0 Å². The van der Waals surface area contributed by atoms with E-state index in [1.807, 2.05) is 42.5 Å². The van der Waals surface area contributed by atoms with Gasteiger partial charge in [-0.1, -0.05) is 31.5 Å². The summed E-state index contributed by atoms with van der Waals surface area (Å²) >= 11 is 0. The zero-order chi connectivity index (χ0) is 20.1. The summed E-state index contributed by atoms with van der Waals surface area (Å²) in [5.74, 6) is 0.559. The Morgan fingerprint density at radius 2 is 1.97 bits per heavy atom. The molecule has 6 heteroatoms. The van der Waals surface area contributed by atoms with Crippen LogP contribution in [0.1, 0.15) is 43.1 Å². The van der Waals surface area contributed by atoms with Gasteiger partial charge in [0.1, 0.15) is 11.4 Å². The molecule has 2 aromatic heterocycles. The van der Waals surface area contributed by atoms with E-state index in [2.05, 4.69) is 22.2 Å². The van der Waals surface area contributed by atoms with E-state index in [1.165, 1.54) is 12.8 Å². The summed E-state index contributed by atoms with van der Waals surface area (Å²) in [7, 11) is 0. The van der Waals surface area contributed by atoms with E-state index in [1.54, 1.807) is 17.0 Å². The molecule has 1 aliphatic rings. The van der Waals surface area contributed by atoms with E-state index >= 15 is 0 Å². The van der Waals surface area contributed by atoms with Crippen LogP contribution in [0.4, 0.5) is 0 Å².